The molecule has 1 aromatic carbocycles. The van der Waals surface area contributed by atoms with Gasteiger partial charge < -0.3 is 9.64 Å². The van der Waals surface area contributed by atoms with Crippen LogP contribution in [0.25, 0.3) is 0 Å². The maximum Gasteiger partial charge on any atom is 0.573 e. The molecule has 0 saturated carbocycles. The van der Waals surface area contributed by atoms with E-state index in [4.69, 9.17) is 0 Å². The van der Waals surface area contributed by atoms with Gasteiger partial charge in [-0.3, -0.25) is 4.79 Å². The molecule has 1 fully saturated rings. The summed E-state index contributed by atoms with van der Waals surface area (Å²) in [5, 5.41) is -1.95. The summed E-state index contributed by atoms with van der Waals surface area (Å²) in [7, 11) is -7.64. The van der Waals surface area contributed by atoms with Gasteiger partial charge in [-0.25, -0.2) is 16.8 Å². The molecule has 0 N–H and O–H groups in total. The van der Waals surface area contributed by atoms with Crippen LogP contribution in [0, 0.1) is 0 Å². The number of alkyl halides is 3. The molecule has 1 aliphatic heterocycles. The Labute approximate surface area is 173 Å². The highest BCUT2D eigenvalue weighted by atomic mass is 32.2. The third kappa shape index (κ3) is 5.43. The molecule has 0 radical (unpaired) electrons. The second-order valence-electron chi connectivity index (χ2n) is 7.03. The number of hydrogen-bond donors (Lipinski definition) is 0. The van der Waals surface area contributed by atoms with Crippen molar-refractivity contribution in [2.75, 3.05) is 26.2 Å². The van der Waals surface area contributed by atoms with E-state index in [0.29, 0.717) is 0 Å². The Balaban J connectivity index is 2.06. The molecule has 1 aromatic rings. The van der Waals surface area contributed by atoms with Crippen molar-refractivity contribution in [1.29, 1.82) is 0 Å². The van der Waals surface area contributed by atoms with Gasteiger partial charge in [0.15, 0.2) is 9.84 Å². The van der Waals surface area contributed by atoms with Crippen LogP contribution in [0.15, 0.2) is 29.2 Å². The average molecular weight is 473 g/mol. The highest BCUT2D eigenvalue weighted by Crippen LogP contribution is 2.25. The molecule has 1 aliphatic rings. The van der Waals surface area contributed by atoms with Crippen LogP contribution < -0.4 is 4.74 Å². The van der Waals surface area contributed by atoms with Crippen molar-refractivity contribution in [2.45, 2.75) is 42.5 Å². The highest BCUT2D eigenvalue weighted by Gasteiger charge is 2.37. The molecule has 1 saturated heterocycles. The monoisotopic (exact) mass is 472 g/mol. The van der Waals surface area contributed by atoms with Crippen LogP contribution in [-0.4, -0.2) is 75.0 Å². The first kappa shape index (κ1) is 24.4. The number of rotatable bonds is 6. The van der Waals surface area contributed by atoms with E-state index in [-0.39, 0.29) is 31.1 Å². The molecule has 1 atom stereocenters. The van der Waals surface area contributed by atoms with Gasteiger partial charge in [0, 0.05) is 26.2 Å². The first-order valence-corrected chi connectivity index (χ1v) is 12.1. The Morgan fingerprint density at radius 1 is 0.967 bits per heavy atom. The molecule has 1 unspecified atom stereocenters. The topological polar surface area (TPSA) is 101 Å². The number of nitrogens with zero attached hydrogens (tertiary/aromatic N) is 2. The maximum atomic E-state index is 12.7. The van der Waals surface area contributed by atoms with Crippen LogP contribution in [0.4, 0.5) is 13.2 Å². The molecule has 0 bridgehead atoms. The lowest BCUT2D eigenvalue weighted by Crippen LogP contribution is -2.53. The summed E-state index contributed by atoms with van der Waals surface area (Å²) in [6.45, 7) is 4.15. The number of benzene rings is 1. The zero-order valence-electron chi connectivity index (χ0n) is 16.6. The van der Waals surface area contributed by atoms with E-state index in [9.17, 15) is 34.8 Å². The Kier molecular flexibility index (Phi) is 7.09. The first-order chi connectivity index (χ1) is 13.7. The van der Waals surface area contributed by atoms with Crippen molar-refractivity contribution in [2.24, 2.45) is 0 Å². The fraction of sp³-hybridized carbons (Fsp3) is 0.588. The van der Waals surface area contributed by atoms with Crippen molar-refractivity contribution >= 4 is 25.8 Å². The second kappa shape index (κ2) is 8.71. The number of piperazine rings is 1. The molecule has 8 nitrogen and oxygen atoms in total. The minimum atomic E-state index is -4.89. The summed E-state index contributed by atoms with van der Waals surface area (Å²) >= 11 is 0. The van der Waals surface area contributed by atoms with Crippen LogP contribution >= 0.6 is 0 Å². The number of sulfone groups is 1. The first-order valence-electron chi connectivity index (χ1n) is 9.03. The smallest absolute Gasteiger partial charge is 0.406 e. The molecule has 30 heavy (non-hydrogen) atoms. The minimum Gasteiger partial charge on any atom is -0.406 e. The van der Waals surface area contributed by atoms with Gasteiger partial charge in [0.05, 0.1) is 10.1 Å². The van der Waals surface area contributed by atoms with Crippen LogP contribution in [-0.2, 0) is 24.7 Å². The van der Waals surface area contributed by atoms with Crippen LogP contribution in [0.5, 0.6) is 5.75 Å². The number of sulfonamides is 1. The molecule has 0 aliphatic carbocycles. The van der Waals surface area contributed by atoms with Gasteiger partial charge in [-0.05, 0) is 45.0 Å². The van der Waals surface area contributed by atoms with Gasteiger partial charge in [0.1, 0.15) is 11.0 Å². The number of hydrogen-bond acceptors (Lipinski definition) is 6. The fourth-order valence-electron chi connectivity index (χ4n) is 2.92. The normalized spacial score (nSPS) is 17.8. The third-order valence-electron chi connectivity index (χ3n) is 4.74. The molecule has 1 heterocycles. The zero-order chi connectivity index (χ0) is 22.9. The average Bonchev–Trinajstić information content (AvgIpc) is 2.66. The van der Waals surface area contributed by atoms with E-state index < -0.39 is 48.4 Å². The summed E-state index contributed by atoms with van der Waals surface area (Å²) < 4.78 is 91.3. The molecule has 170 valence electrons. The molecular formula is C17H23F3N2O6S2. The predicted molar refractivity (Wildman–Crippen MR) is 102 cm³/mol. The molecule has 0 aromatic heterocycles. The van der Waals surface area contributed by atoms with Crippen molar-refractivity contribution in [3.8, 4) is 5.75 Å². The van der Waals surface area contributed by atoms with Crippen molar-refractivity contribution in [1.82, 2.24) is 9.21 Å². The Hall–Kier alpha value is -1.86. The van der Waals surface area contributed by atoms with Crippen LogP contribution in [0.3, 0.4) is 0 Å². The van der Waals surface area contributed by atoms with Crippen LogP contribution in [0.1, 0.15) is 20.8 Å². The van der Waals surface area contributed by atoms with Crippen LogP contribution in [0.2, 0.25) is 0 Å². The summed E-state index contributed by atoms with van der Waals surface area (Å²) in [6.07, 6.45) is -4.89. The van der Waals surface area contributed by atoms with Gasteiger partial charge >= 0.3 is 6.36 Å². The standard InChI is InChI=1S/C17H23F3N2O6S2/c1-12(2)29(24,25)13(3)16(23)21-8-10-22(11-9-21)30(26,27)15-6-4-14(5-7-15)28-17(18,19)20/h4-7,12-13H,8-11H2,1-3H3. The Morgan fingerprint density at radius 2 is 1.47 bits per heavy atom. The quantitative estimate of drug-likeness (QED) is 0.624. The van der Waals surface area contributed by atoms with E-state index in [2.05, 4.69) is 4.74 Å². The Bertz CT molecular complexity index is 968. The van der Waals surface area contributed by atoms with E-state index in [1.54, 1.807) is 0 Å². The molecule has 13 heteroatoms. The number of ether oxygens (including phenoxy) is 1. The van der Waals surface area contributed by atoms with Crippen molar-refractivity contribution in [3.63, 3.8) is 0 Å². The van der Waals surface area contributed by atoms with Crippen molar-refractivity contribution < 1.29 is 39.5 Å². The summed E-state index contributed by atoms with van der Waals surface area (Å²) in [4.78, 5) is 13.6. The lowest BCUT2D eigenvalue weighted by molar-refractivity contribution is -0.274. The summed E-state index contributed by atoms with van der Waals surface area (Å²) in [6, 6.07) is 3.81. The third-order valence-corrected chi connectivity index (χ3v) is 9.16. The largest absolute Gasteiger partial charge is 0.573 e. The highest BCUT2D eigenvalue weighted by molar-refractivity contribution is 7.93. The van der Waals surface area contributed by atoms with E-state index in [1.165, 1.54) is 25.7 Å². The van der Waals surface area contributed by atoms with Gasteiger partial charge in [0.2, 0.25) is 15.9 Å². The summed E-state index contributed by atoms with van der Waals surface area (Å²) in [5.74, 6) is -1.13. The Morgan fingerprint density at radius 3 is 1.90 bits per heavy atom. The second-order valence-corrected chi connectivity index (χ2v) is 11.8. The molecule has 2 rings (SSSR count). The molecule has 0 spiro atoms. The van der Waals surface area contributed by atoms with E-state index in [1.807, 2.05) is 0 Å². The minimum absolute atomic E-state index is 0.00525. The number of amides is 1. The number of carbonyl (C=O) groups is 1. The predicted octanol–water partition coefficient (Wildman–Crippen LogP) is 1.63. The van der Waals surface area contributed by atoms with E-state index in [0.717, 1.165) is 28.6 Å². The number of halogens is 3. The number of carbonyl (C=O) groups excluding carboxylic acids is 1. The summed E-state index contributed by atoms with van der Waals surface area (Å²) in [5.41, 5.74) is 0. The fourth-order valence-corrected chi connectivity index (χ4v) is 5.59. The molecule has 1 amide bonds. The molecular weight excluding hydrogens is 449 g/mol. The van der Waals surface area contributed by atoms with Gasteiger partial charge in [0.25, 0.3) is 0 Å². The van der Waals surface area contributed by atoms with Gasteiger partial charge in [-0.2, -0.15) is 4.31 Å². The van der Waals surface area contributed by atoms with E-state index >= 15 is 0 Å². The van der Waals surface area contributed by atoms with Gasteiger partial charge in [-0.1, -0.05) is 0 Å². The van der Waals surface area contributed by atoms with Crippen molar-refractivity contribution in [3.05, 3.63) is 24.3 Å². The SMILES string of the molecule is CC(C)S(=O)(=O)C(C)C(=O)N1CCN(S(=O)(=O)c2ccc(OC(F)(F)F)cc2)CC1. The zero-order valence-corrected chi connectivity index (χ0v) is 18.2. The lowest BCUT2D eigenvalue weighted by atomic mass is 10.3. The maximum absolute atomic E-state index is 12.7. The van der Waals surface area contributed by atoms with Gasteiger partial charge in [-0.15, -0.1) is 13.2 Å². The lowest BCUT2D eigenvalue weighted by Gasteiger charge is -2.35.